The number of nitrogens with zero attached hydrogens (tertiary/aromatic N) is 1. The van der Waals surface area contributed by atoms with Crippen LogP contribution < -0.4 is 5.73 Å². The van der Waals surface area contributed by atoms with Crippen LogP contribution in [0.2, 0.25) is 0 Å². The summed E-state index contributed by atoms with van der Waals surface area (Å²) in [6.07, 6.45) is 1.39. The molecule has 0 bridgehead atoms. The fourth-order valence-electron chi connectivity index (χ4n) is 3.20. The molecule has 3 heteroatoms. The van der Waals surface area contributed by atoms with Gasteiger partial charge in [-0.1, -0.05) is 23.8 Å². The van der Waals surface area contributed by atoms with Gasteiger partial charge in [-0.25, -0.2) is 0 Å². The van der Waals surface area contributed by atoms with Gasteiger partial charge in [-0.3, -0.25) is 4.90 Å². The Hall–Kier alpha value is -0.900. The molecule has 0 radical (unpaired) electrons. The number of rotatable bonds is 4. The van der Waals surface area contributed by atoms with E-state index in [1.165, 1.54) is 16.7 Å². The van der Waals surface area contributed by atoms with Crippen LogP contribution in [0.5, 0.6) is 0 Å². The predicted octanol–water partition coefficient (Wildman–Crippen LogP) is 2.41. The van der Waals surface area contributed by atoms with Gasteiger partial charge in [0.2, 0.25) is 0 Å². The summed E-state index contributed by atoms with van der Waals surface area (Å²) >= 11 is 0. The zero-order chi connectivity index (χ0) is 14.0. The summed E-state index contributed by atoms with van der Waals surface area (Å²) in [6.45, 7) is 7.96. The van der Waals surface area contributed by atoms with Crippen molar-refractivity contribution in [2.75, 3.05) is 20.2 Å². The molecule has 2 N–H and O–H groups in total. The van der Waals surface area contributed by atoms with E-state index in [1.54, 1.807) is 0 Å². The van der Waals surface area contributed by atoms with Crippen LogP contribution in [-0.2, 0) is 4.74 Å². The van der Waals surface area contributed by atoms with E-state index in [1.807, 2.05) is 0 Å². The summed E-state index contributed by atoms with van der Waals surface area (Å²) < 4.78 is 5.68. The quantitative estimate of drug-likeness (QED) is 0.905. The van der Waals surface area contributed by atoms with Crippen LogP contribution in [0.3, 0.4) is 0 Å². The standard InChI is InChI=1S/C16H26N2O/c1-11-5-6-14(12(2)9-11)16(10-17)18(4)15-7-8-19-13(15)3/h5-6,9,13,15-16H,7-8,10,17H2,1-4H3. The second-order valence-electron chi connectivity index (χ2n) is 5.71. The van der Waals surface area contributed by atoms with Gasteiger partial charge in [0, 0.05) is 25.2 Å². The number of nitrogens with two attached hydrogens (primary N) is 1. The summed E-state index contributed by atoms with van der Waals surface area (Å²) in [5, 5.41) is 0. The molecule has 1 heterocycles. The largest absolute Gasteiger partial charge is 0.377 e. The Labute approximate surface area is 116 Å². The van der Waals surface area contributed by atoms with Crippen LogP contribution in [-0.4, -0.2) is 37.2 Å². The molecule has 3 atom stereocenters. The Balaban J connectivity index is 2.23. The maximum atomic E-state index is 6.04. The minimum absolute atomic E-state index is 0.273. The first kappa shape index (κ1) is 14.5. The maximum absolute atomic E-state index is 6.04. The van der Waals surface area contributed by atoms with Gasteiger partial charge in [0.15, 0.2) is 0 Å². The van der Waals surface area contributed by atoms with Gasteiger partial charge in [0.05, 0.1) is 6.10 Å². The van der Waals surface area contributed by atoms with Gasteiger partial charge in [0.1, 0.15) is 0 Å². The average molecular weight is 262 g/mol. The molecule has 1 fully saturated rings. The lowest BCUT2D eigenvalue weighted by Gasteiger charge is -2.34. The lowest BCUT2D eigenvalue weighted by Crippen LogP contribution is -2.42. The van der Waals surface area contributed by atoms with Crippen LogP contribution in [0.15, 0.2) is 18.2 Å². The molecule has 0 aliphatic carbocycles. The fourth-order valence-corrected chi connectivity index (χ4v) is 3.20. The first-order valence-corrected chi connectivity index (χ1v) is 7.15. The van der Waals surface area contributed by atoms with E-state index in [0.717, 1.165) is 13.0 Å². The van der Waals surface area contributed by atoms with E-state index in [9.17, 15) is 0 Å². The average Bonchev–Trinajstić information content (AvgIpc) is 2.78. The molecule has 19 heavy (non-hydrogen) atoms. The Kier molecular flexibility index (Phi) is 4.61. The number of benzene rings is 1. The molecular weight excluding hydrogens is 236 g/mol. The minimum Gasteiger partial charge on any atom is -0.377 e. The second-order valence-corrected chi connectivity index (χ2v) is 5.71. The summed E-state index contributed by atoms with van der Waals surface area (Å²) in [5.41, 5.74) is 10.0. The highest BCUT2D eigenvalue weighted by Crippen LogP contribution is 2.29. The monoisotopic (exact) mass is 262 g/mol. The van der Waals surface area contributed by atoms with Crippen LogP contribution in [0.1, 0.15) is 36.1 Å². The zero-order valence-corrected chi connectivity index (χ0v) is 12.5. The molecule has 0 spiro atoms. The highest BCUT2D eigenvalue weighted by Gasteiger charge is 2.32. The molecule has 0 aromatic heterocycles. The number of ether oxygens (including phenoxy) is 1. The lowest BCUT2D eigenvalue weighted by molar-refractivity contribution is 0.0685. The molecule has 2 rings (SSSR count). The summed E-state index contributed by atoms with van der Waals surface area (Å²) in [7, 11) is 2.17. The fraction of sp³-hybridized carbons (Fsp3) is 0.625. The first-order chi connectivity index (χ1) is 9.04. The molecule has 106 valence electrons. The predicted molar refractivity (Wildman–Crippen MR) is 79.3 cm³/mol. The summed E-state index contributed by atoms with van der Waals surface area (Å²) in [5.74, 6) is 0. The van der Waals surface area contributed by atoms with Crippen molar-refractivity contribution < 1.29 is 4.74 Å². The van der Waals surface area contributed by atoms with E-state index in [-0.39, 0.29) is 6.04 Å². The molecule has 3 unspecified atom stereocenters. The minimum atomic E-state index is 0.273. The van der Waals surface area contributed by atoms with Gasteiger partial charge in [0.25, 0.3) is 0 Å². The van der Waals surface area contributed by atoms with E-state index in [0.29, 0.717) is 18.7 Å². The smallest absolute Gasteiger partial charge is 0.0703 e. The Morgan fingerprint density at radius 1 is 1.42 bits per heavy atom. The zero-order valence-electron chi connectivity index (χ0n) is 12.5. The highest BCUT2D eigenvalue weighted by atomic mass is 16.5. The molecular formula is C16H26N2O. The van der Waals surface area contributed by atoms with E-state index in [2.05, 4.69) is 50.9 Å². The molecule has 1 aromatic carbocycles. The third-order valence-corrected chi connectivity index (χ3v) is 4.36. The molecule has 0 saturated carbocycles. The molecule has 0 amide bonds. The normalized spacial score (nSPS) is 24.9. The van der Waals surface area contributed by atoms with E-state index >= 15 is 0 Å². The molecule has 1 aliphatic rings. The third-order valence-electron chi connectivity index (χ3n) is 4.36. The Morgan fingerprint density at radius 2 is 2.16 bits per heavy atom. The number of aryl methyl sites for hydroxylation is 2. The van der Waals surface area contributed by atoms with Crippen molar-refractivity contribution in [3.63, 3.8) is 0 Å². The SMILES string of the molecule is Cc1ccc(C(CN)N(C)C2CCOC2C)c(C)c1. The van der Waals surface area contributed by atoms with Gasteiger partial charge >= 0.3 is 0 Å². The summed E-state index contributed by atoms with van der Waals surface area (Å²) in [6, 6.07) is 7.37. The van der Waals surface area contributed by atoms with Crippen molar-refractivity contribution in [2.24, 2.45) is 5.73 Å². The van der Waals surface area contributed by atoms with Crippen molar-refractivity contribution in [2.45, 2.75) is 45.4 Å². The van der Waals surface area contributed by atoms with Crippen LogP contribution in [0, 0.1) is 13.8 Å². The topological polar surface area (TPSA) is 38.5 Å². The van der Waals surface area contributed by atoms with Crippen molar-refractivity contribution in [3.8, 4) is 0 Å². The maximum Gasteiger partial charge on any atom is 0.0703 e. The number of hydrogen-bond acceptors (Lipinski definition) is 3. The van der Waals surface area contributed by atoms with Crippen molar-refractivity contribution >= 4 is 0 Å². The van der Waals surface area contributed by atoms with Gasteiger partial charge in [-0.2, -0.15) is 0 Å². The van der Waals surface area contributed by atoms with Crippen molar-refractivity contribution in [1.29, 1.82) is 0 Å². The molecule has 1 saturated heterocycles. The Morgan fingerprint density at radius 3 is 2.68 bits per heavy atom. The van der Waals surface area contributed by atoms with Crippen LogP contribution >= 0.6 is 0 Å². The number of hydrogen-bond donors (Lipinski definition) is 1. The molecule has 1 aromatic rings. The van der Waals surface area contributed by atoms with Crippen molar-refractivity contribution in [1.82, 2.24) is 4.90 Å². The van der Waals surface area contributed by atoms with Crippen LogP contribution in [0.4, 0.5) is 0 Å². The van der Waals surface area contributed by atoms with Gasteiger partial charge in [-0.05, 0) is 45.4 Å². The Bertz CT molecular complexity index is 433. The van der Waals surface area contributed by atoms with Crippen molar-refractivity contribution in [3.05, 3.63) is 34.9 Å². The second kappa shape index (κ2) is 6.04. The molecule has 1 aliphatic heterocycles. The van der Waals surface area contributed by atoms with E-state index in [4.69, 9.17) is 10.5 Å². The number of likely N-dealkylation sites (N-methyl/N-ethyl adjacent to an activating group) is 1. The highest BCUT2D eigenvalue weighted by molar-refractivity contribution is 5.33. The lowest BCUT2D eigenvalue weighted by atomic mass is 9.96. The van der Waals surface area contributed by atoms with E-state index < -0.39 is 0 Å². The van der Waals surface area contributed by atoms with Gasteiger partial charge in [-0.15, -0.1) is 0 Å². The molecule has 3 nitrogen and oxygen atoms in total. The van der Waals surface area contributed by atoms with Crippen LogP contribution in [0.25, 0.3) is 0 Å². The first-order valence-electron chi connectivity index (χ1n) is 7.15. The summed E-state index contributed by atoms with van der Waals surface area (Å²) in [4.78, 5) is 2.40. The third kappa shape index (κ3) is 2.99. The van der Waals surface area contributed by atoms with Gasteiger partial charge < -0.3 is 10.5 Å².